The normalized spacial score (nSPS) is 13.4. The Morgan fingerprint density at radius 2 is 1.93 bits per heavy atom. The maximum atomic E-state index is 12.9. The molecule has 1 fully saturated rings. The van der Waals surface area contributed by atoms with Crippen LogP contribution in [0.3, 0.4) is 0 Å². The second-order valence-electron chi connectivity index (χ2n) is 6.97. The quantitative estimate of drug-likeness (QED) is 0.685. The molecule has 4 rings (SSSR count). The van der Waals surface area contributed by atoms with Crippen LogP contribution in [0.25, 0.3) is 5.69 Å². The van der Waals surface area contributed by atoms with Gasteiger partial charge in [-0.3, -0.25) is 14.2 Å². The van der Waals surface area contributed by atoms with Crippen molar-refractivity contribution in [2.24, 2.45) is 0 Å². The van der Waals surface area contributed by atoms with Gasteiger partial charge in [-0.25, -0.2) is 4.98 Å². The molecule has 5 nitrogen and oxygen atoms in total. The predicted octanol–water partition coefficient (Wildman–Crippen LogP) is 3.50. The number of carbonyl (C=O) groups excluding carboxylic acids is 2. The first-order valence-electron chi connectivity index (χ1n) is 9.13. The van der Waals surface area contributed by atoms with E-state index in [4.69, 9.17) is 0 Å². The fraction of sp³-hybridized carbons (Fsp3) is 0.227. The minimum absolute atomic E-state index is 0.0285. The molecule has 27 heavy (non-hydrogen) atoms. The van der Waals surface area contributed by atoms with Gasteiger partial charge >= 0.3 is 0 Å². The number of aryl methyl sites for hydroxylation is 1. The molecule has 0 spiro atoms. The van der Waals surface area contributed by atoms with Crippen LogP contribution >= 0.6 is 0 Å². The number of imidazole rings is 1. The molecule has 1 aliphatic carbocycles. The molecule has 0 bridgehead atoms. The maximum Gasteiger partial charge on any atom is 0.251 e. The molecule has 2 aromatic carbocycles. The average Bonchev–Trinajstić information content (AvgIpc) is 3.35. The number of ketones is 1. The largest absolute Gasteiger partial charge is 0.349 e. The van der Waals surface area contributed by atoms with Crippen LogP contribution in [-0.4, -0.2) is 27.3 Å². The van der Waals surface area contributed by atoms with Gasteiger partial charge < -0.3 is 5.32 Å². The van der Waals surface area contributed by atoms with E-state index in [0.717, 1.165) is 29.7 Å². The van der Waals surface area contributed by atoms with Gasteiger partial charge in [0, 0.05) is 23.7 Å². The van der Waals surface area contributed by atoms with Gasteiger partial charge in [-0.05, 0) is 55.2 Å². The van der Waals surface area contributed by atoms with E-state index in [1.807, 2.05) is 55.5 Å². The molecule has 5 heteroatoms. The zero-order chi connectivity index (χ0) is 18.8. The molecule has 1 amide bonds. The lowest BCUT2D eigenvalue weighted by atomic mass is 9.99. The highest BCUT2D eigenvalue weighted by Gasteiger charge is 2.24. The molecular formula is C22H21N3O2. The monoisotopic (exact) mass is 359 g/mol. The van der Waals surface area contributed by atoms with Crippen LogP contribution in [0.1, 0.15) is 44.8 Å². The highest BCUT2D eigenvalue weighted by molar-refractivity contribution is 5.98. The number of nitrogens with one attached hydrogen (secondary N) is 1. The molecule has 3 aromatic rings. The molecule has 0 atom stereocenters. The van der Waals surface area contributed by atoms with Crippen LogP contribution in [0.5, 0.6) is 0 Å². The van der Waals surface area contributed by atoms with E-state index in [1.165, 1.54) is 0 Å². The molecule has 1 heterocycles. The van der Waals surface area contributed by atoms with Crippen molar-refractivity contribution in [3.05, 3.63) is 83.4 Å². The lowest BCUT2D eigenvalue weighted by molar-refractivity contribution is 0.0947. The summed E-state index contributed by atoms with van der Waals surface area (Å²) in [7, 11) is 0. The van der Waals surface area contributed by atoms with E-state index in [1.54, 1.807) is 17.1 Å². The Bertz CT molecular complexity index is 988. The zero-order valence-electron chi connectivity index (χ0n) is 15.2. The summed E-state index contributed by atoms with van der Waals surface area (Å²) in [4.78, 5) is 29.4. The van der Waals surface area contributed by atoms with Crippen molar-refractivity contribution < 1.29 is 9.59 Å². The standard InChI is InChI=1S/C22H21N3O2/c1-15-7-8-16(22(27)24-18-9-10-18)11-17(15)12-21(26)20-13-23-14-25(20)19-5-3-2-4-6-19/h2-8,11,13-14,18H,9-10,12H2,1H3,(H,24,27). The number of rotatable bonds is 6. The van der Waals surface area contributed by atoms with Crippen molar-refractivity contribution in [2.75, 3.05) is 0 Å². The van der Waals surface area contributed by atoms with Gasteiger partial charge in [0.1, 0.15) is 5.69 Å². The first kappa shape index (κ1) is 17.2. The van der Waals surface area contributed by atoms with E-state index in [0.29, 0.717) is 17.3 Å². The van der Waals surface area contributed by atoms with Crippen molar-refractivity contribution >= 4 is 11.7 Å². The van der Waals surface area contributed by atoms with Gasteiger partial charge in [0.25, 0.3) is 5.91 Å². The number of aromatic nitrogens is 2. The molecule has 1 aliphatic rings. The third kappa shape index (κ3) is 3.82. The minimum Gasteiger partial charge on any atom is -0.349 e. The van der Waals surface area contributed by atoms with Gasteiger partial charge in [-0.2, -0.15) is 0 Å². The Morgan fingerprint density at radius 3 is 2.67 bits per heavy atom. The van der Waals surface area contributed by atoms with Crippen molar-refractivity contribution in [1.82, 2.24) is 14.9 Å². The molecule has 0 saturated heterocycles. The Balaban J connectivity index is 1.57. The molecule has 0 aliphatic heterocycles. The lowest BCUT2D eigenvalue weighted by Crippen LogP contribution is -2.25. The molecule has 1 aromatic heterocycles. The Morgan fingerprint density at radius 1 is 1.15 bits per heavy atom. The summed E-state index contributed by atoms with van der Waals surface area (Å²) >= 11 is 0. The lowest BCUT2D eigenvalue weighted by Gasteiger charge is -2.10. The molecule has 1 N–H and O–H groups in total. The number of hydrogen-bond donors (Lipinski definition) is 1. The average molecular weight is 359 g/mol. The van der Waals surface area contributed by atoms with Crippen molar-refractivity contribution in [3.8, 4) is 5.69 Å². The first-order valence-corrected chi connectivity index (χ1v) is 9.13. The SMILES string of the molecule is Cc1ccc(C(=O)NC2CC2)cc1CC(=O)c1cncn1-c1ccccc1. The van der Waals surface area contributed by atoms with Crippen molar-refractivity contribution in [1.29, 1.82) is 0 Å². The van der Waals surface area contributed by atoms with Crippen LogP contribution in [0.2, 0.25) is 0 Å². The number of para-hydroxylation sites is 1. The Hall–Kier alpha value is -3.21. The van der Waals surface area contributed by atoms with Gasteiger partial charge in [0.05, 0.1) is 12.5 Å². The van der Waals surface area contributed by atoms with Gasteiger partial charge in [-0.1, -0.05) is 24.3 Å². The first-order chi connectivity index (χ1) is 13.1. The van der Waals surface area contributed by atoms with Gasteiger partial charge in [0.15, 0.2) is 5.78 Å². The second kappa shape index (κ2) is 7.19. The van der Waals surface area contributed by atoms with E-state index in [9.17, 15) is 9.59 Å². The number of Topliss-reactive ketones (excluding diaryl/α,β-unsaturated/α-hetero) is 1. The topological polar surface area (TPSA) is 64.0 Å². The third-order valence-electron chi connectivity index (χ3n) is 4.83. The van der Waals surface area contributed by atoms with Gasteiger partial charge in [-0.15, -0.1) is 0 Å². The van der Waals surface area contributed by atoms with Crippen LogP contribution in [-0.2, 0) is 6.42 Å². The maximum absolute atomic E-state index is 12.9. The summed E-state index contributed by atoms with van der Waals surface area (Å²) < 4.78 is 1.79. The van der Waals surface area contributed by atoms with E-state index >= 15 is 0 Å². The van der Waals surface area contributed by atoms with Crippen LogP contribution < -0.4 is 5.32 Å². The highest BCUT2D eigenvalue weighted by atomic mass is 16.1. The minimum atomic E-state index is -0.0690. The molecular weight excluding hydrogens is 338 g/mol. The smallest absolute Gasteiger partial charge is 0.251 e. The summed E-state index contributed by atoms with van der Waals surface area (Å²) in [5.74, 6) is -0.0975. The summed E-state index contributed by atoms with van der Waals surface area (Å²) in [6.45, 7) is 1.96. The van der Waals surface area contributed by atoms with Crippen molar-refractivity contribution in [2.45, 2.75) is 32.2 Å². The summed E-state index contributed by atoms with van der Waals surface area (Å²) in [5, 5.41) is 2.99. The molecule has 0 unspecified atom stereocenters. The van der Waals surface area contributed by atoms with Crippen LogP contribution in [0.15, 0.2) is 61.1 Å². The third-order valence-corrected chi connectivity index (χ3v) is 4.83. The number of carbonyl (C=O) groups is 2. The number of benzene rings is 2. The van der Waals surface area contributed by atoms with Gasteiger partial charge in [0.2, 0.25) is 0 Å². The number of hydrogen-bond acceptors (Lipinski definition) is 3. The fourth-order valence-corrected chi connectivity index (χ4v) is 3.06. The van der Waals surface area contributed by atoms with Crippen LogP contribution in [0.4, 0.5) is 0 Å². The number of nitrogens with zero attached hydrogens (tertiary/aromatic N) is 2. The zero-order valence-corrected chi connectivity index (χ0v) is 15.2. The van der Waals surface area contributed by atoms with Crippen LogP contribution in [0, 0.1) is 6.92 Å². The van der Waals surface area contributed by atoms with E-state index < -0.39 is 0 Å². The van der Waals surface area contributed by atoms with Crippen molar-refractivity contribution in [3.63, 3.8) is 0 Å². The Kier molecular flexibility index (Phi) is 4.59. The summed E-state index contributed by atoms with van der Waals surface area (Å²) in [6, 6.07) is 15.5. The molecule has 0 radical (unpaired) electrons. The fourth-order valence-electron chi connectivity index (χ4n) is 3.06. The predicted molar refractivity (Wildman–Crippen MR) is 103 cm³/mol. The Labute approximate surface area is 158 Å². The molecule has 136 valence electrons. The number of amides is 1. The highest BCUT2D eigenvalue weighted by Crippen LogP contribution is 2.21. The summed E-state index contributed by atoms with van der Waals surface area (Å²) in [6.07, 6.45) is 5.57. The second-order valence-corrected chi connectivity index (χ2v) is 6.97. The summed E-state index contributed by atoms with van der Waals surface area (Å²) in [5.41, 5.74) is 3.90. The van der Waals surface area contributed by atoms with E-state index in [2.05, 4.69) is 10.3 Å². The van der Waals surface area contributed by atoms with E-state index in [-0.39, 0.29) is 18.1 Å². The molecule has 1 saturated carbocycles.